The van der Waals surface area contributed by atoms with Gasteiger partial charge in [0, 0.05) is 19.0 Å². The summed E-state index contributed by atoms with van der Waals surface area (Å²) in [6.45, 7) is 5.48. The number of rotatable bonds is 12. The zero-order valence-corrected chi connectivity index (χ0v) is 27.7. The Labute approximate surface area is 273 Å². The van der Waals surface area contributed by atoms with Gasteiger partial charge in [0.1, 0.15) is 12.6 Å². The lowest BCUT2D eigenvalue weighted by atomic mass is 10.0. The Hall–Kier alpha value is -4.43. The molecule has 0 unspecified atom stereocenters. The van der Waals surface area contributed by atoms with Gasteiger partial charge in [0.25, 0.3) is 10.0 Å². The molecule has 2 amide bonds. The predicted octanol–water partition coefficient (Wildman–Crippen LogP) is 6.51. The van der Waals surface area contributed by atoms with Crippen LogP contribution < -0.4 is 9.62 Å². The molecule has 0 aromatic heterocycles. The van der Waals surface area contributed by atoms with Gasteiger partial charge in [0.15, 0.2) is 0 Å². The van der Waals surface area contributed by atoms with E-state index >= 15 is 0 Å². The highest BCUT2D eigenvalue weighted by atomic mass is 32.2. The van der Waals surface area contributed by atoms with Gasteiger partial charge in [0.05, 0.1) is 10.6 Å². The zero-order valence-electron chi connectivity index (χ0n) is 26.9. The fraction of sp³-hybridized carbons (Fsp3) is 0.316. The molecule has 1 atom stereocenters. The minimum absolute atomic E-state index is 0.0620. The van der Waals surface area contributed by atoms with Crippen LogP contribution in [0.3, 0.4) is 0 Å². The van der Waals surface area contributed by atoms with Crippen molar-refractivity contribution in [3.8, 4) is 0 Å². The third-order valence-electron chi connectivity index (χ3n) is 8.51. The van der Waals surface area contributed by atoms with E-state index in [4.69, 9.17) is 0 Å². The first-order valence-electron chi connectivity index (χ1n) is 16.0. The number of anilines is 1. The highest BCUT2D eigenvalue weighted by Gasteiger charge is 2.35. The second kappa shape index (κ2) is 14.8. The first kappa shape index (κ1) is 32.9. The monoisotopic (exact) mass is 637 g/mol. The lowest BCUT2D eigenvalue weighted by Gasteiger charge is -2.34. The normalized spacial score (nSPS) is 14.1. The molecule has 4 aromatic rings. The number of hydrogen-bond donors (Lipinski definition) is 1. The van der Waals surface area contributed by atoms with E-state index in [0.717, 1.165) is 53.5 Å². The molecule has 46 heavy (non-hydrogen) atoms. The van der Waals surface area contributed by atoms with Gasteiger partial charge >= 0.3 is 0 Å². The summed E-state index contributed by atoms with van der Waals surface area (Å²) in [6.07, 6.45) is 4.23. The largest absolute Gasteiger partial charge is 0.352 e. The smallest absolute Gasteiger partial charge is 0.264 e. The number of aryl methyl sites for hydroxylation is 3. The number of nitrogens with one attached hydrogen (secondary N) is 1. The predicted molar refractivity (Wildman–Crippen MR) is 183 cm³/mol. The maximum Gasteiger partial charge on any atom is 0.264 e. The summed E-state index contributed by atoms with van der Waals surface area (Å²) in [4.78, 5) is 30.5. The number of carbonyl (C=O) groups is 2. The van der Waals surface area contributed by atoms with Gasteiger partial charge in [-0.2, -0.15) is 0 Å². The van der Waals surface area contributed by atoms with Crippen molar-refractivity contribution in [3.63, 3.8) is 0 Å². The Morgan fingerprint density at radius 3 is 2.00 bits per heavy atom. The van der Waals surface area contributed by atoms with E-state index in [1.54, 1.807) is 35.2 Å². The standard InChI is InChI=1S/C38H43N3O4S/c1-28-13-12-16-32(22-28)26-40(36(25-31-14-6-4-7-15-31)38(43)39-33-17-10-11-18-33)37(42)27-41(34-23-29(2)21-30(3)24-34)46(44,45)35-19-8-5-9-20-35/h4-9,12-16,19-24,33,36H,10-11,17-18,25-27H2,1-3H3,(H,39,43)/t36-/m0/s1. The van der Waals surface area contributed by atoms with Gasteiger partial charge in [-0.05, 0) is 80.1 Å². The molecular weight excluding hydrogens is 595 g/mol. The Balaban J connectivity index is 1.58. The molecule has 0 heterocycles. The summed E-state index contributed by atoms with van der Waals surface area (Å²) in [6, 6.07) is 30.4. The molecule has 0 bridgehead atoms. The second-order valence-electron chi connectivity index (χ2n) is 12.4. The number of sulfonamides is 1. The van der Waals surface area contributed by atoms with Crippen molar-refractivity contribution < 1.29 is 18.0 Å². The van der Waals surface area contributed by atoms with Crippen LogP contribution in [0.4, 0.5) is 5.69 Å². The van der Waals surface area contributed by atoms with Crippen molar-refractivity contribution in [1.82, 2.24) is 10.2 Å². The van der Waals surface area contributed by atoms with E-state index in [1.165, 1.54) is 16.4 Å². The fourth-order valence-corrected chi connectivity index (χ4v) is 7.69. The van der Waals surface area contributed by atoms with Crippen LogP contribution in [0.15, 0.2) is 108 Å². The summed E-state index contributed by atoms with van der Waals surface area (Å²) >= 11 is 0. The van der Waals surface area contributed by atoms with Crippen molar-refractivity contribution in [2.75, 3.05) is 10.8 Å². The molecule has 5 rings (SSSR count). The summed E-state index contributed by atoms with van der Waals surface area (Å²) in [5, 5.41) is 3.22. The molecule has 1 N–H and O–H groups in total. The number of amides is 2. The summed E-state index contributed by atoms with van der Waals surface area (Å²) in [5.41, 5.74) is 4.97. The minimum atomic E-state index is -4.13. The minimum Gasteiger partial charge on any atom is -0.352 e. The van der Waals surface area contributed by atoms with Crippen LogP contribution in [-0.4, -0.2) is 43.8 Å². The van der Waals surface area contributed by atoms with Crippen molar-refractivity contribution in [1.29, 1.82) is 0 Å². The molecule has 7 nitrogen and oxygen atoms in total. The third kappa shape index (κ3) is 8.23. The molecule has 1 saturated carbocycles. The average Bonchev–Trinajstić information content (AvgIpc) is 3.55. The van der Waals surface area contributed by atoms with Crippen molar-refractivity contribution in [2.24, 2.45) is 0 Å². The molecule has 8 heteroatoms. The quantitative estimate of drug-likeness (QED) is 0.192. The Kier molecular flexibility index (Phi) is 10.6. The van der Waals surface area contributed by atoms with Crippen molar-refractivity contribution in [2.45, 2.75) is 76.4 Å². The topological polar surface area (TPSA) is 86.8 Å². The molecule has 4 aromatic carbocycles. The molecule has 240 valence electrons. The summed E-state index contributed by atoms with van der Waals surface area (Å²) in [7, 11) is -4.13. The van der Waals surface area contributed by atoms with E-state index in [1.807, 2.05) is 81.4 Å². The molecule has 0 radical (unpaired) electrons. The second-order valence-corrected chi connectivity index (χ2v) is 14.2. The van der Waals surface area contributed by atoms with Crippen LogP contribution in [0.25, 0.3) is 0 Å². The molecule has 1 aliphatic rings. The number of benzene rings is 4. The Bertz CT molecular complexity index is 1730. The Morgan fingerprint density at radius 1 is 0.761 bits per heavy atom. The number of carbonyl (C=O) groups excluding carboxylic acids is 2. The molecule has 0 aliphatic heterocycles. The maximum atomic E-state index is 14.7. The molecule has 0 saturated heterocycles. The molecular formula is C38H43N3O4S. The summed E-state index contributed by atoms with van der Waals surface area (Å²) < 4.78 is 29.6. The zero-order chi connectivity index (χ0) is 32.7. The molecule has 1 fully saturated rings. The van der Waals surface area contributed by atoms with Crippen molar-refractivity contribution >= 4 is 27.5 Å². The first-order chi connectivity index (χ1) is 22.1. The van der Waals surface area contributed by atoms with Crippen LogP contribution in [0.1, 0.15) is 53.5 Å². The van der Waals surface area contributed by atoms with Crippen LogP contribution in [0, 0.1) is 20.8 Å². The highest BCUT2D eigenvalue weighted by molar-refractivity contribution is 7.92. The van der Waals surface area contributed by atoms with Gasteiger partial charge in [-0.3, -0.25) is 13.9 Å². The van der Waals surface area contributed by atoms with E-state index in [2.05, 4.69) is 5.32 Å². The van der Waals surface area contributed by atoms with E-state index < -0.39 is 28.5 Å². The molecule has 1 aliphatic carbocycles. The third-order valence-corrected chi connectivity index (χ3v) is 10.3. The number of nitrogens with zero attached hydrogens (tertiary/aromatic N) is 2. The highest BCUT2D eigenvalue weighted by Crippen LogP contribution is 2.27. The first-order valence-corrected chi connectivity index (χ1v) is 17.4. The average molecular weight is 638 g/mol. The van der Waals surface area contributed by atoms with Gasteiger partial charge < -0.3 is 10.2 Å². The van der Waals surface area contributed by atoms with Crippen molar-refractivity contribution in [3.05, 3.63) is 131 Å². The van der Waals surface area contributed by atoms with E-state index in [-0.39, 0.29) is 23.4 Å². The summed E-state index contributed by atoms with van der Waals surface area (Å²) in [5.74, 6) is -0.678. The Morgan fingerprint density at radius 2 is 1.37 bits per heavy atom. The van der Waals surface area contributed by atoms with Crippen LogP contribution in [0.2, 0.25) is 0 Å². The van der Waals surface area contributed by atoms with E-state index in [9.17, 15) is 18.0 Å². The molecule has 0 spiro atoms. The maximum absolute atomic E-state index is 14.7. The van der Waals surface area contributed by atoms with Gasteiger partial charge in [-0.15, -0.1) is 0 Å². The van der Waals surface area contributed by atoms with Crippen LogP contribution >= 0.6 is 0 Å². The van der Waals surface area contributed by atoms with Gasteiger partial charge in [-0.25, -0.2) is 8.42 Å². The lowest BCUT2D eigenvalue weighted by molar-refractivity contribution is -0.140. The van der Waals surface area contributed by atoms with E-state index in [0.29, 0.717) is 12.1 Å². The fourth-order valence-electron chi connectivity index (χ4n) is 6.27. The van der Waals surface area contributed by atoms with Gasteiger partial charge in [-0.1, -0.05) is 97.3 Å². The number of hydrogen-bond acceptors (Lipinski definition) is 4. The van der Waals surface area contributed by atoms with Crippen LogP contribution in [0.5, 0.6) is 0 Å². The SMILES string of the molecule is Cc1cccc(CN(C(=O)CN(c2cc(C)cc(C)c2)S(=O)(=O)c2ccccc2)[C@@H](Cc2ccccc2)C(=O)NC2CCCC2)c1. The van der Waals surface area contributed by atoms with Crippen LogP contribution in [-0.2, 0) is 32.6 Å². The van der Waals surface area contributed by atoms with Gasteiger partial charge in [0.2, 0.25) is 11.8 Å². The lowest BCUT2D eigenvalue weighted by Crippen LogP contribution is -2.54.